The summed E-state index contributed by atoms with van der Waals surface area (Å²) in [5, 5.41) is 3.59. The average Bonchev–Trinajstić information content (AvgIpc) is 3.28. The third kappa shape index (κ3) is 5.48. The largest absolute Gasteiger partial charge is 0.484 e. The third-order valence-corrected chi connectivity index (χ3v) is 5.40. The molecule has 1 atom stereocenters. The number of hydrogen-bond donors (Lipinski definition) is 1. The average molecular weight is 460 g/mol. The van der Waals surface area contributed by atoms with Crippen molar-refractivity contribution >= 4 is 23.3 Å². The van der Waals surface area contributed by atoms with Gasteiger partial charge in [-0.2, -0.15) is 0 Å². The molecule has 0 bridgehead atoms. The van der Waals surface area contributed by atoms with Crippen molar-refractivity contribution in [3.63, 3.8) is 0 Å². The number of halogens is 1. The van der Waals surface area contributed by atoms with Crippen LogP contribution in [0.2, 0.25) is 5.02 Å². The van der Waals surface area contributed by atoms with Crippen LogP contribution in [0.5, 0.6) is 5.75 Å². The van der Waals surface area contributed by atoms with Crippen LogP contribution in [0.15, 0.2) is 91.3 Å². The molecular weight excluding hydrogens is 438 g/mol. The lowest BCUT2D eigenvalue weighted by atomic mass is 10.0. The van der Waals surface area contributed by atoms with Crippen LogP contribution in [0.1, 0.15) is 33.4 Å². The van der Waals surface area contributed by atoms with E-state index in [1.165, 1.54) is 0 Å². The van der Waals surface area contributed by atoms with E-state index >= 15 is 0 Å². The Morgan fingerprint density at radius 3 is 2.27 bits per heavy atom. The molecule has 33 heavy (non-hydrogen) atoms. The molecule has 1 amide bonds. The number of ether oxygens (including phenoxy) is 1. The molecule has 7 heteroatoms. The van der Waals surface area contributed by atoms with E-state index in [0.717, 1.165) is 5.56 Å². The van der Waals surface area contributed by atoms with Crippen molar-refractivity contribution < 1.29 is 14.3 Å². The molecule has 0 radical (unpaired) electrons. The minimum atomic E-state index is -0.454. The van der Waals surface area contributed by atoms with E-state index in [9.17, 15) is 9.59 Å². The Kier molecular flexibility index (Phi) is 6.86. The molecule has 0 aliphatic heterocycles. The van der Waals surface area contributed by atoms with Crippen LogP contribution in [-0.2, 0) is 11.8 Å². The summed E-state index contributed by atoms with van der Waals surface area (Å²) in [6, 6.07) is 22.6. The molecular formula is C26H22ClN3O3. The van der Waals surface area contributed by atoms with Crippen LogP contribution < -0.4 is 10.1 Å². The number of aryl methyl sites for hydroxylation is 1. The number of hydrogen-bond acceptors (Lipinski definition) is 4. The highest BCUT2D eigenvalue weighted by Crippen LogP contribution is 2.22. The van der Waals surface area contributed by atoms with Gasteiger partial charge >= 0.3 is 0 Å². The lowest BCUT2D eigenvalue weighted by Crippen LogP contribution is -2.34. The highest BCUT2D eigenvalue weighted by Gasteiger charge is 2.21. The van der Waals surface area contributed by atoms with Crippen molar-refractivity contribution in [2.45, 2.75) is 6.04 Å². The molecule has 0 saturated heterocycles. The predicted molar refractivity (Wildman–Crippen MR) is 126 cm³/mol. The second-order valence-electron chi connectivity index (χ2n) is 7.46. The molecule has 4 rings (SSSR count). The van der Waals surface area contributed by atoms with Gasteiger partial charge in [0.2, 0.25) is 0 Å². The number of imidazole rings is 1. The number of ketones is 1. The first-order valence-electron chi connectivity index (χ1n) is 10.4. The van der Waals surface area contributed by atoms with Gasteiger partial charge in [-0.05, 0) is 42.0 Å². The van der Waals surface area contributed by atoms with Gasteiger partial charge in [0.25, 0.3) is 5.91 Å². The molecule has 0 saturated carbocycles. The van der Waals surface area contributed by atoms with E-state index in [0.29, 0.717) is 27.7 Å². The van der Waals surface area contributed by atoms with E-state index in [-0.39, 0.29) is 18.3 Å². The zero-order chi connectivity index (χ0) is 23.2. The number of carbonyl (C=O) groups is 2. The molecule has 3 aromatic carbocycles. The zero-order valence-electron chi connectivity index (χ0n) is 17.9. The summed E-state index contributed by atoms with van der Waals surface area (Å²) in [7, 11) is 1.87. The Balaban J connectivity index is 1.40. The van der Waals surface area contributed by atoms with Crippen LogP contribution in [0, 0.1) is 0 Å². The number of aromatic nitrogens is 2. The fourth-order valence-corrected chi connectivity index (χ4v) is 3.54. The summed E-state index contributed by atoms with van der Waals surface area (Å²) in [5.74, 6) is 0.812. The Hall–Kier alpha value is -3.90. The molecule has 1 heterocycles. The summed E-state index contributed by atoms with van der Waals surface area (Å²) in [6.45, 7) is -0.180. The minimum Gasteiger partial charge on any atom is -0.484 e. The maximum absolute atomic E-state index is 12.7. The number of nitrogens with zero attached hydrogens (tertiary/aromatic N) is 2. The standard InChI is InChI=1S/C26H22ClN3O3/c1-30-16-15-28-26(30)24(18-7-11-21(27)12-8-18)29-23(31)17-33-22-13-9-20(10-14-22)25(32)19-5-3-2-4-6-19/h2-16,24H,17H2,1H3,(H,29,31). The second-order valence-corrected chi connectivity index (χ2v) is 7.89. The van der Waals surface area contributed by atoms with E-state index < -0.39 is 6.04 Å². The number of amides is 1. The first-order valence-corrected chi connectivity index (χ1v) is 10.7. The van der Waals surface area contributed by atoms with Gasteiger partial charge in [0.05, 0.1) is 0 Å². The molecule has 0 aliphatic carbocycles. The molecule has 0 aliphatic rings. The van der Waals surface area contributed by atoms with Gasteiger partial charge in [-0.25, -0.2) is 4.98 Å². The number of benzene rings is 3. The first-order chi connectivity index (χ1) is 16.0. The molecule has 0 fully saturated rings. The fourth-order valence-electron chi connectivity index (χ4n) is 3.42. The smallest absolute Gasteiger partial charge is 0.258 e. The van der Waals surface area contributed by atoms with E-state index in [2.05, 4.69) is 10.3 Å². The van der Waals surface area contributed by atoms with Gasteiger partial charge in [-0.15, -0.1) is 0 Å². The Morgan fingerprint density at radius 2 is 1.64 bits per heavy atom. The Morgan fingerprint density at radius 1 is 0.970 bits per heavy atom. The van der Waals surface area contributed by atoms with Crippen molar-refractivity contribution in [2.24, 2.45) is 7.05 Å². The van der Waals surface area contributed by atoms with Gasteiger partial charge in [0.1, 0.15) is 17.6 Å². The fraction of sp³-hybridized carbons (Fsp3) is 0.115. The van der Waals surface area contributed by atoms with Crippen LogP contribution in [0.3, 0.4) is 0 Å². The van der Waals surface area contributed by atoms with Gasteiger partial charge in [0, 0.05) is 35.6 Å². The second kappa shape index (κ2) is 10.1. The van der Waals surface area contributed by atoms with Crippen molar-refractivity contribution in [1.29, 1.82) is 0 Å². The molecule has 166 valence electrons. The minimum absolute atomic E-state index is 0.0687. The zero-order valence-corrected chi connectivity index (χ0v) is 18.7. The summed E-state index contributed by atoms with van der Waals surface area (Å²) >= 11 is 6.01. The van der Waals surface area contributed by atoms with E-state index in [1.54, 1.807) is 54.7 Å². The van der Waals surface area contributed by atoms with Gasteiger partial charge in [0.15, 0.2) is 12.4 Å². The number of nitrogens with one attached hydrogen (secondary N) is 1. The monoisotopic (exact) mass is 459 g/mol. The number of carbonyl (C=O) groups excluding carboxylic acids is 2. The number of rotatable bonds is 8. The highest BCUT2D eigenvalue weighted by atomic mass is 35.5. The lowest BCUT2D eigenvalue weighted by Gasteiger charge is -2.19. The predicted octanol–water partition coefficient (Wildman–Crippen LogP) is 4.59. The molecule has 1 N–H and O–H groups in total. The lowest BCUT2D eigenvalue weighted by molar-refractivity contribution is -0.123. The highest BCUT2D eigenvalue weighted by molar-refractivity contribution is 6.30. The summed E-state index contributed by atoms with van der Waals surface area (Å²) in [4.78, 5) is 29.6. The topological polar surface area (TPSA) is 73.2 Å². The van der Waals surface area contributed by atoms with Crippen molar-refractivity contribution in [3.05, 3.63) is 119 Å². The maximum Gasteiger partial charge on any atom is 0.258 e. The SMILES string of the molecule is Cn1ccnc1C(NC(=O)COc1ccc(C(=O)c2ccccc2)cc1)c1ccc(Cl)cc1. The van der Waals surface area contributed by atoms with E-state index in [4.69, 9.17) is 16.3 Å². The molecule has 4 aromatic rings. The van der Waals surface area contributed by atoms with Crippen molar-refractivity contribution in [1.82, 2.24) is 14.9 Å². The van der Waals surface area contributed by atoms with Crippen molar-refractivity contribution in [3.8, 4) is 5.75 Å². The quantitative estimate of drug-likeness (QED) is 0.391. The van der Waals surface area contributed by atoms with Gasteiger partial charge in [-0.1, -0.05) is 54.1 Å². The van der Waals surface area contributed by atoms with Crippen LogP contribution in [0.4, 0.5) is 0 Å². The van der Waals surface area contributed by atoms with Crippen LogP contribution >= 0.6 is 11.6 Å². The normalized spacial score (nSPS) is 11.6. The molecule has 1 aromatic heterocycles. The summed E-state index contributed by atoms with van der Waals surface area (Å²) in [5.41, 5.74) is 2.02. The van der Waals surface area contributed by atoms with Crippen LogP contribution in [-0.4, -0.2) is 27.8 Å². The summed E-state index contributed by atoms with van der Waals surface area (Å²) < 4.78 is 7.49. The van der Waals surface area contributed by atoms with Gasteiger partial charge < -0.3 is 14.6 Å². The van der Waals surface area contributed by atoms with Crippen LogP contribution in [0.25, 0.3) is 0 Å². The maximum atomic E-state index is 12.7. The summed E-state index contributed by atoms with van der Waals surface area (Å²) in [6.07, 6.45) is 3.50. The third-order valence-electron chi connectivity index (χ3n) is 5.15. The van der Waals surface area contributed by atoms with E-state index in [1.807, 2.05) is 48.1 Å². The molecule has 0 spiro atoms. The first kappa shape index (κ1) is 22.3. The molecule has 1 unspecified atom stereocenters. The molecule has 6 nitrogen and oxygen atoms in total. The van der Waals surface area contributed by atoms with Crippen molar-refractivity contribution in [2.75, 3.05) is 6.61 Å². The Bertz CT molecular complexity index is 1240. The van der Waals surface area contributed by atoms with Gasteiger partial charge in [-0.3, -0.25) is 9.59 Å². The Labute approximate surface area is 196 Å².